The number of rotatable bonds is 5. The van der Waals surface area contributed by atoms with Gasteiger partial charge in [-0.1, -0.05) is 22.8 Å². The minimum Gasteiger partial charge on any atom is -0.371 e. The molecule has 2 aliphatic rings. The van der Waals surface area contributed by atoms with Gasteiger partial charge < -0.3 is 19.6 Å². The zero-order valence-electron chi connectivity index (χ0n) is 17.9. The van der Waals surface area contributed by atoms with E-state index in [1.165, 1.54) is 17.7 Å². The van der Waals surface area contributed by atoms with Crippen LogP contribution in [0.25, 0.3) is 0 Å². The van der Waals surface area contributed by atoms with Gasteiger partial charge in [0.05, 0.1) is 5.69 Å². The maximum atomic E-state index is 6.22. The molecule has 1 atom stereocenters. The van der Waals surface area contributed by atoms with Crippen molar-refractivity contribution in [2.75, 3.05) is 57.8 Å². The Morgan fingerprint density at radius 1 is 1.23 bits per heavy atom. The molecule has 4 rings (SSSR count). The maximum absolute atomic E-state index is 6.22. The second-order valence-electron chi connectivity index (χ2n) is 8.21. The molecule has 0 radical (unpaired) electrons. The number of nitrogens with zero attached hydrogens (tertiary/aromatic N) is 5. The van der Waals surface area contributed by atoms with E-state index in [0.29, 0.717) is 5.92 Å². The van der Waals surface area contributed by atoms with Crippen LogP contribution in [0, 0.1) is 12.8 Å². The van der Waals surface area contributed by atoms with Crippen molar-refractivity contribution in [2.45, 2.75) is 19.9 Å². The number of nitrogens with one attached hydrogen (secondary N) is 1. The Morgan fingerprint density at radius 2 is 2.07 bits per heavy atom. The van der Waals surface area contributed by atoms with Gasteiger partial charge >= 0.3 is 0 Å². The van der Waals surface area contributed by atoms with E-state index >= 15 is 0 Å². The van der Waals surface area contributed by atoms with E-state index in [-0.39, 0.29) is 0 Å². The molecular weight excluding hydrogens is 400 g/mol. The largest absolute Gasteiger partial charge is 0.371 e. The number of aromatic nitrogens is 1. The normalized spacial score (nSPS) is 20.8. The number of piperazine rings is 1. The van der Waals surface area contributed by atoms with E-state index in [1.54, 1.807) is 6.26 Å². The van der Waals surface area contributed by atoms with Gasteiger partial charge in [0.2, 0.25) is 0 Å². The van der Waals surface area contributed by atoms with Crippen molar-refractivity contribution in [2.24, 2.45) is 10.9 Å². The molecule has 0 aliphatic carbocycles. The Balaban J connectivity index is 1.24. The number of hydrogen-bond acceptors (Lipinski definition) is 5. The summed E-state index contributed by atoms with van der Waals surface area (Å²) >= 11 is 6.22. The molecule has 0 spiro atoms. The highest BCUT2D eigenvalue weighted by Gasteiger charge is 2.25. The lowest BCUT2D eigenvalue weighted by Gasteiger charge is -2.36. The smallest absolute Gasteiger partial charge is 0.193 e. The average molecular weight is 431 g/mol. The highest BCUT2D eigenvalue weighted by Crippen LogP contribution is 2.29. The molecule has 2 saturated heterocycles. The predicted octanol–water partition coefficient (Wildman–Crippen LogP) is 2.86. The summed E-state index contributed by atoms with van der Waals surface area (Å²) < 4.78 is 4.94. The first kappa shape index (κ1) is 21.0. The van der Waals surface area contributed by atoms with Gasteiger partial charge in [-0.25, -0.2) is 0 Å². The van der Waals surface area contributed by atoms with Crippen LogP contribution in [0.2, 0.25) is 5.02 Å². The van der Waals surface area contributed by atoms with Crippen molar-refractivity contribution in [1.82, 2.24) is 20.3 Å². The van der Waals surface area contributed by atoms with E-state index in [9.17, 15) is 0 Å². The fourth-order valence-electron chi connectivity index (χ4n) is 4.38. The molecule has 0 saturated carbocycles. The van der Waals surface area contributed by atoms with Crippen LogP contribution in [0.15, 0.2) is 40.0 Å². The lowest BCUT2D eigenvalue weighted by molar-refractivity contribution is 0.169. The Kier molecular flexibility index (Phi) is 6.79. The van der Waals surface area contributed by atoms with Crippen LogP contribution in [0.5, 0.6) is 0 Å². The van der Waals surface area contributed by atoms with Crippen molar-refractivity contribution < 1.29 is 4.52 Å². The second-order valence-corrected chi connectivity index (χ2v) is 8.65. The topological polar surface area (TPSA) is 60.1 Å². The van der Waals surface area contributed by atoms with E-state index in [2.05, 4.69) is 49.2 Å². The fourth-order valence-corrected chi connectivity index (χ4v) is 4.54. The first-order valence-electron chi connectivity index (χ1n) is 10.7. The molecule has 2 aromatic rings. The summed E-state index contributed by atoms with van der Waals surface area (Å²) in [7, 11) is 1.88. The number of benzene rings is 1. The van der Waals surface area contributed by atoms with E-state index in [4.69, 9.17) is 16.1 Å². The summed E-state index contributed by atoms with van der Waals surface area (Å²) in [4.78, 5) is 11.7. The third kappa shape index (κ3) is 5.08. The average Bonchev–Trinajstić information content (AvgIpc) is 3.44. The summed E-state index contributed by atoms with van der Waals surface area (Å²) in [6.07, 6.45) is 2.82. The minimum atomic E-state index is 0.605. The molecule has 1 aromatic carbocycles. The Bertz CT molecular complexity index is 847. The molecule has 3 heterocycles. The highest BCUT2D eigenvalue weighted by molar-refractivity contribution is 6.30. The van der Waals surface area contributed by atoms with Crippen LogP contribution in [0.3, 0.4) is 0 Å². The number of hydrogen-bond donors (Lipinski definition) is 1. The molecule has 1 unspecified atom stereocenters. The number of anilines is 1. The van der Waals surface area contributed by atoms with Gasteiger partial charge in [0.25, 0.3) is 0 Å². The van der Waals surface area contributed by atoms with Crippen LogP contribution < -0.4 is 10.2 Å². The third-order valence-electron chi connectivity index (χ3n) is 6.11. The van der Waals surface area contributed by atoms with Gasteiger partial charge in [-0.2, -0.15) is 0 Å². The highest BCUT2D eigenvalue weighted by atomic mass is 35.5. The van der Waals surface area contributed by atoms with Gasteiger partial charge in [-0.15, -0.1) is 0 Å². The molecule has 1 aromatic heterocycles. The van der Waals surface area contributed by atoms with E-state index < -0.39 is 0 Å². The zero-order valence-corrected chi connectivity index (χ0v) is 18.6. The Hall–Kier alpha value is -2.25. The first-order valence-corrected chi connectivity index (χ1v) is 11.1. The van der Waals surface area contributed by atoms with Crippen molar-refractivity contribution >= 4 is 23.2 Å². The summed E-state index contributed by atoms with van der Waals surface area (Å²) in [6.45, 7) is 10.0. The third-order valence-corrected chi connectivity index (χ3v) is 6.34. The lowest BCUT2D eigenvalue weighted by Crippen LogP contribution is -2.52. The summed E-state index contributed by atoms with van der Waals surface area (Å²) in [5.74, 6) is 1.61. The van der Waals surface area contributed by atoms with Crippen molar-refractivity contribution in [3.8, 4) is 0 Å². The van der Waals surface area contributed by atoms with Crippen LogP contribution in [0.1, 0.15) is 17.7 Å². The van der Waals surface area contributed by atoms with Crippen molar-refractivity contribution in [3.05, 3.63) is 46.8 Å². The number of guanidine groups is 1. The quantitative estimate of drug-likeness (QED) is 0.581. The van der Waals surface area contributed by atoms with E-state index in [1.807, 2.05) is 19.2 Å². The maximum Gasteiger partial charge on any atom is 0.193 e. The van der Waals surface area contributed by atoms with Crippen molar-refractivity contribution in [1.29, 1.82) is 0 Å². The number of aliphatic imine (C=N–C) groups is 1. The van der Waals surface area contributed by atoms with Gasteiger partial charge in [0, 0.05) is 76.2 Å². The molecule has 7 nitrogen and oxygen atoms in total. The molecule has 0 amide bonds. The molecule has 30 heavy (non-hydrogen) atoms. The Morgan fingerprint density at radius 3 is 2.80 bits per heavy atom. The van der Waals surface area contributed by atoms with Crippen LogP contribution in [-0.4, -0.2) is 73.8 Å². The molecule has 8 heteroatoms. The standard InChI is InChI=1S/C22H31ClN6O/c1-17-3-4-19(23)13-21(17)29-7-5-18(15-29)14-25-22(24-2)28-10-8-27(9-11-28)16-20-6-12-30-26-20/h3-4,6,12-13,18H,5,7-11,14-16H2,1-2H3,(H,24,25). The minimum absolute atomic E-state index is 0.605. The molecule has 2 aliphatic heterocycles. The molecule has 162 valence electrons. The van der Waals surface area contributed by atoms with Crippen LogP contribution in [0.4, 0.5) is 5.69 Å². The fraction of sp³-hybridized carbons (Fsp3) is 0.545. The van der Waals surface area contributed by atoms with Gasteiger partial charge in [-0.3, -0.25) is 9.89 Å². The zero-order chi connectivity index (χ0) is 20.9. The monoisotopic (exact) mass is 430 g/mol. The molecule has 2 fully saturated rings. The van der Waals surface area contributed by atoms with Crippen molar-refractivity contribution in [3.63, 3.8) is 0 Å². The van der Waals surface area contributed by atoms with Gasteiger partial charge in [-0.05, 0) is 37.0 Å². The summed E-state index contributed by atoms with van der Waals surface area (Å²) in [6, 6.07) is 8.09. The molecular formula is C22H31ClN6O. The van der Waals surface area contributed by atoms with Gasteiger partial charge in [0.1, 0.15) is 6.26 Å². The second kappa shape index (κ2) is 9.71. The summed E-state index contributed by atoms with van der Waals surface area (Å²) in [5, 5.41) is 8.44. The lowest BCUT2D eigenvalue weighted by atomic mass is 10.1. The number of halogens is 1. The Labute approximate surface area is 183 Å². The summed E-state index contributed by atoms with van der Waals surface area (Å²) in [5.41, 5.74) is 3.54. The number of aryl methyl sites for hydroxylation is 1. The molecule has 1 N–H and O–H groups in total. The SMILES string of the molecule is CN=C(NCC1CCN(c2cc(Cl)ccc2C)C1)N1CCN(Cc2ccon2)CC1. The van der Waals surface area contributed by atoms with Gasteiger partial charge in [0.15, 0.2) is 5.96 Å². The van der Waals surface area contributed by atoms with Crippen LogP contribution in [-0.2, 0) is 6.54 Å². The first-order chi connectivity index (χ1) is 14.6. The predicted molar refractivity (Wildman–Crippen MR) is 121 cm³/mol. The van der Waals surface area contributed by atoms with Crippen LogP contribution >= 0.6 is 11.6 Å². The van der Waals surface area contributed by atoms with E-state index in [0.717, 1.165) is 69.0 Å². The molecule has 0 bridgehead atoms.